The van der Waals surface area contributed by atoms with Gasteiger partial charge in [0.1, 0.15) is 13.3 Å². The molecule has 0 saturated carbocycles. The Morgan fingerprint density at radius 1 is 1.71 bits per heavy atom. The Morgan fingerprint density at radius 3 is 2.93 bits per heavy atom. The molecule has 1 aromatic rings. The zero-order valence-electron chi connectivity index (χ0n) is 7.66. The number of halogens is 1. The Bertz CT molecular complexity index is 341. The number of hydrogen-bond donors (Lipinski definition) is 1. The van der Waals surface area contributed by atoms with Crippen LogP contribution in [0.1, 0.15) is 15.9 Å². The van der Waals surface area contributed by atoms with Crippen molar-refractivity contribution in [2.45, 2.75) is 6.92 Å². The van der Waals surface area contributed by atoms with Crippen LogP contribution in [0, 0.1) is 6.92 Å². The molecule has 0 amide bonds. The maximum absolute atomic E-state index is 11.8. The van der Waals surface area contributed by atoms with Crippen molar-refractivity contribution in [3.8, 4) is 5.88 Å². The van der Waals surface area contributed by atoms with Gasteiger partial charge >= 0.3 is 5.97 Å². The molecule has 76 valence electrons. The molecule has 0 aliphatic rings. The van der Waals surface area contributed by atoms with E-state index in [2.05, 4.69) is 4.98 Å². The van der Waals surface area contributed by atoms with Gasteiger partial charge in [0.25, 0.3) is 0 Å². The van der Waals surface area contributed by atoms with Crippen LogP contribution >= 0.6 is 0 Å². The third-order valence-electron chi connectivity index (χ3n) is 1.59. The molecule has 0 saturated heterocycles. The molecule has 0 bridgehead atoms. The number of aryl methyl sites for hydroxylation is 1. The molecule has 0 fully saturated rings. The maximum Gasteiger partial charge on any atom is 0.337 e. The van der Waals surface area contributed by atoms with E-state index in [9.17, 15) is 9.18 Å². The van der Waals surface area contributed by atoms with Crippen LogP contribution < -0.4 is 4.74 Å². The summed E-state index contributed by atoms with van der Waals surface area (Å²) in [5.74, 6) is -0.773. The zero-order valence-corrected chi connectivity index (χ0v) is 7.66. The quantitative estimate of drug-likeness (QED) is 0.797. The molecule has 0 spiro atoms. The van der Waals surface area contributed by atoms with Crippen molar-refractivity contribution in [1.29, 1.82) is 0 Å². The van der Waals surface area contributed by atoms with E-state index in [1.807, 2.05) is 0 Å². The van der Waals surface area contributed by atoms with Gasteiger partial charge in [-0.2, -0.15) is 0 Å². The van der Waals surface area contributed by atoms with Crippen molar-refractivity contribution < 1.29 is 19.0 Å². The van der Waals surface area contributed by atoms with Gasteiger partial charge in [0, 0.05) is 11.8 Å². The third kappa shape index (κ3) is 2.42. The summed E-state index contributed by atoms with van der Waals surface area (Å²) in [7, 11) is 0. The lowest BCUT2D eigenvalue weighted by Gasteiger charge is -2.05. The molecule has 0 atom stereocenters. The van der Waals surface area contributed by atoms with Crippen LogP contribution in [0.3, 0.4) is 0 Å². The lowest BCUT2D eigenvalue weighted by molar-refractivity contribution is 0.0696. The summed E-state index contributed by atoms with van der Waals surface area (Å²) in [6, 6.07) is 1.43. The Kier molecular flexibility index (Phi) is 3.39. The number of aromatic nitrogens is 1. The molecule has 0 aliphatic heterocycles. The van der Waals surface area contributed by atoms with Crippen molar-refractivity contribution in [2.75, 3.05) is 13.3 Å². The molecule has 0 unspecified atom stereocenters. The van der Waals surface area contributed by atoms with Gasteiger partial charge in [0.2, 0.25) is 5.88 Å². The van der Waals surface area contributed by atoms with Gasteiger partial charge in [-0.15, -0.1) is 0 Å². The lowest BCUT2D eigenvalue weighted by Crippen LogP contribution is -2.04. The fraction of sp³-hybridized carbons (Fsp3) is 0.333. The highest BCUT2D eigenvalue weighted by Crippen LogP contribution is 2.15. The highest BCUT2D eigenvalue weighted by atomic mass is 19.1. The number of nitrogens with zero attached hydrogens (tertiary/aromatic N) is 1. The number of pyridine rings is 1. The summed E-state index contributed by atoms with van der Waals surface area (Å²) < 4.78 is 16.7. The Labute approximate surface area is 80.3 Å². The molecule has 1 aromatic heterocycles. The monoisotopic (exact) mass is 199 g/mol. The highest BCUT2D eigenvalue weighted by molar-refractivity contribution is 5.87. The summed E-state index contributed by atoms with van der Waals surface area (Å²) in [4.78, 5) is 14.3. The predicted octanol–water partition coefficient (Wildman–Crippen LogP) is 1.44. The van der Waals surface area contributed by atoms with E-state index < -0.39 is 12.6 Å². The summed E-state index contributed by atoms with van der Waals surface area (Å²) in [5, 5.41) is 8.64. The van der Waals surface area contributed by atoms with E-state index in [0.717, 1.165) is 0 Å². The minimum absolute atomic E-state index is 0.0692. The normalized spacial score (nSPS) is 9.86. The third-order valence-corrected chi connectivity index (χ3v) is 1.59. The number of alkyl halides is 1. The van der Waals surface area contributed by atoms with Crippen LogP contribution in [0.25, 0.3) is 0 Å². The van der Waals surface area contributed by atoms with Crippen LogP contribution in [0.4, 0.5) is 4.39 Å². The molecular formula is C9H10FNO3. The standard InChI is InChI=1S/C9H10FNO3/c1-6-4-7(9(12)13)5-11-8(6)14-3-2-10/h4-5H,2-3H2,1H3,(H,12,13). The topological polar surface area (TPSA) is 59.4 Å². The average Bonchev–Trinajstić information content (AvgIpc) is 2.15. The number of rotatable bonds is 4. The fourth-order valence-electron chi connectivity index (χ4n) is 0.966. The van der Waals surface area contributed by atoms with Crippen molar-refractivity contribution in [3.05, 3.63) is 23.4 Å². The molecule has 4 nitrogen and oxygen atoms in total. The number of carbonyl (C=O) groups is 1. The van der Waals surface area contributed by atoms with E-state index in [0.29, 0.717) is 5.56 Å². The van der Waals surface area contributed by atoms with E-state index >= 15 is 0 Å². The maximum atomic E-state index is 11.8. The van der Waals surface area contributed by atoms with Crippen LogP contribution in [0.2, 0.25) is 0 Å². The van der Waals surface area contributed by atoms with Gasteiger partial charge < -0.3 is 9.84 Å². The first-order valence-electron chi connectivity index (χ1n) is 4.04. The Morgan fingerprint density at radius 2 is 2.43 bits per heavy atom. The second kappa shape index (κ2) is 4.55. The molecule has 14 heavy (non-hydrogen) atoms. The number of carboxylic acid groups (broad SMARTS) is 1. The smallest absolute Gasteiger partial charge is 0.337 e. The fourth-order valence-corrected chi connectivity index (χ4v) is 0.966. The molecule has 1 N–H and O–H groups in total. The van der Waals surface area contributed by atoms with E-state index in [1.54, 1.807) is 6.92 Å². The average molecular weight is 199 g/mol. The summed E-state index contributed by atoms with van der Waals surface area (Å²) in [6.45, 7) is 0.995. The minimum Gasteiger partial charge on any atom is -0.478 e. The van der Waals surface area contributed by atoms with Crippen molar-refractivity contribution >= 4 is 5.97 Å². The first-order chi connectivity index (χ1) is 6.65. The molecule has 1 rings (SSSR count). The highest BCUT2D eigenvalue weighted by Gasteiger charge is 2.07. The van der Waals surface area contributed by atoms with Crippen molar-refractivity contribution in [2.24, 2.45) is 0 Å². The van der Waals surface area contributed by atoms with Gasteiger partial charge in [-0.1, -0.05) is 0 Å². The summed E-state index contributed by atoms with van der Waals surface area (Å²) in [6.07, 6.45) is 1.18. The molecule has 5 heteroatoms. The number of aromatic carboxylic acids is 1. The Balaban J connectivity index is 2.84. The first kappa shape index (κ1) is 10.4. The van der Waals surface area contributed by atoms with E-state index in [-0.39, 0.29) is 18.1 Å². The van der Waals surface area contributed by atoms with E-state index in [1.165, 1.54) is 12.3 Å². The van der Waals surface area contributed by atoms with Crippen LogP contribution in [0.15, 0.2) is 12.3 Å². The van der Waals surface area contributed by atoms with Gasteiger partial charge in [0.05, 0.1) is 5.56 Å². The molecular weight excluding hydrogens is 189 g/mol. The minimum atomic E-state index is -1.04. The van der Waals surface area contributed by atoms with Gasteiger partial charge in [0.15, 0.2) is 0 Å². The Hall–Kier alpha value is -1.65. The summed E-state index contributed by atoms with van der Waals surface area (Å²) >= 11 is 0. The second-order valence-electron chi connectivity index (χ2n) is 2.69. The second-order valence-corrected chi connectivity index (χ2v) is 2.69. The molecule has 0 aliphatic carbocycles. The molecule has 0 aromatic carbocycles. The van der Waals surface area contributed by atoms with Crippen LogP contribution in [0.5, 0.6) is 5.88 Å². The number of carboxylic acids is 1. The van der Waals surface area contributed by atoms with Crippen molar-refractivity contribution in [3.63, 3.8) is 0 Å². The number of hydrogen-bond acceptors (Lipinski definition) is 3. The zero-order chi connectivity index (χ0) is 10.6. The van der Waals surface area contributed by atoms with Crippen molar-refractivity contribution in [1.82, 2.24) is 4.98 Å². The van der Waals surface area contributed by atoms with Crippen LogP contribution in [-0.4, -0.2) is 29.3 Å². The van der Waals surface area contributed by atoms with E-state index in [4.69, 9.17) is 9.84 Å². The van der Waals surface area contributed by atoms with Crippen LogP contribution in [-0.2, 0) is 0 Å². The largest absolute Gasteiger partial charge is 0.478 e. The van der Waals surface area contributed by atoms with Gasteiger partial charge in [-0.3, -0.25) is 0 Å². The molecule has 1 heterocycles. The SMILES string of the molecule is Cc1cc(C(=O)O)cnc1OCCF. The summed E-state index contributed by atoms with van der Waals surface area (Å²) in [5.41, 5.74) is 0.674. The first-order valence-corrected chi connectivity index (χ1v) is 4.04. The lowest BCUT2D eigenvalue weighted by atomic mass is 10.2. The number of ether oxygens (including phenoxy) is 1. The van der Waals surface area contributed by atoms with Gasteiger partial charge in [-0.25, -0.2) is 14.2 Å². The van der Waals surface area contributed by atoms with Gasteiger partial charge in [-0.05, 0) is 13.0 Å². The molecule has 0 radical (unpaired) electrons. The predicted molar refractivity (Wildman–Crippen MR) is 47.4 cm³/mol.